The number of rotatable bonds is 2. The molecule has 0 spiro atoms. The number of amides is 1. The van der Waals surface area contributed by atoms with E-state index in [2.05, 4.69) is 22.2 Å². The Hall–Kier alpha value is -3.21. The van der Waals surface area contributed by atoms with Gasteiger partial charge in [0.05, 0.1) is 11.6 Å². The van der Waals surface area contributed by atoms with Gasteiger partial charge in [0.1, 0.15) is 17.6 Å². The average Bonchev–Trinajstić information content (AvgIpc) is 2.68. The summed E-state index contributed by atoms with van der Waals surface area (Å²) in [5.74, 6) is -1.63. The van der Waals surface area contributed by atoms with Gasteiger partial charge in [0.2, 0.25) is 11.9 Å². The Morgan fingerprint density at radius 1 is 1.21 bits per heavy atom. The lowest BCUT2D eigenvalue weighted by Crippen LogP contribution is -2.40. The minimum atomic E-state index is -1.09. The molecule has 0 unspecified atom stereocenters. The van der Waals surface area contributed by atoms with E-state index in [0.29, 0.717) is 17.4 Å². The summed E-state index contributed by atoms with van der Waals surface area (Å²) in [4.78, 5) is 34.8. The number of halogens is 1. The van der Waals surface area contributed by atoms with Gasteiger partial charge in [-0.3, -0.25) is 14.6 Å². The highest BCUT2D eigenvalue weighted by Gasteiger charge is 2.40. The molecule has 2 aliphatic heterocycles. The van der Waals surface area contributed by atoms with Gasteiger partial charge >= 0.3 is 0 Å². The molecule has 2 aromatic rings. The van der Waals surface area contributed by atoms with Gasteiger partial charge in [-0.25, -0.2) is 4.39 Å². The molecule has 1 saturated heterocycles. The van der Waals surface area contributed by atoms with E-state index in [4.69, 9.17) is 0 Å². The fourth-order valence-corrected chi connectivity index (χ4v) is 3.90. The van der Waals surface area contributed by atoms with E-state index in [1.165, 1.54) is 24.3 Å². The number of hydrogen-bond donors (Lipinski definition) is 2. The first kappa shape index (κ1) is 18.2. The molecule has 144 valence electrons. The van der Waals surface area contributed by atoms with Crippen molar-refractivity contribution in [2.75, 3.05) is 23.3 Å². The molecule has 2 aliphatic rings. The second-order valence-electron chi connectivity index (χ2n) is 7.45. The summed E-state index contributed by atoms with van der Waals surface area (Å²) in [5.41, 5.74) is 0.357. The predicted octanol–water partition coefficient (Wildman–Crippen LogP) is 2.37. The summed E-state index contributed by atoms with van der Waals surface area (Å²) in [6, 6.07) is 7.46. The first-order chi connectivity index (χ1) is 13.5. The van der Waals surface area contributed by atoms with Gasteiger partial charge in [0.15, 0.2) is 0 Å². The molecule has 3 heterocycles. The van der Waals surface area contributed by atoms with Crippen LogP contribution >= 0.6 is 0 Å². The highest BCUT2D eigenvalue weighted by molar-refractivity contribution is 5.97. The largest absolute Gasteiger partial charge is 0.342 e. The maximum atomic E-state index is 13.3. The number of aromatic amines is 1. The molecule has 7 nitrogen and oxygen atoms in total. The van der Waals surface area contributed by atoms with E-state index < -0.39 is 29.1 Å². The number of H-pyrrole nitrogens is 1. The zero-order valence-corrected chi connectivity index (χ0v) is 15.4. The number of carbonyl (C=O) groups is 1. The molecule has 1 aromatic heterocycles. The van der Waals surface area contributed by atoms with E-state index in [1.807, 2.05) is 11.0 Å². The fraction of sp³-hybridized carbons (Fsp3) is 0.400. The minimum Gasteiger partial charge on any atom is -0.342 e. The number of fused-ring (bicyclic) bond motifs is 1. The second-order valence-corrected chi connectivity index (χ2v) is 7.45. The third-order valence-corrected chi connectivity index (χ3v) is 5.56. The molecule has 4 rings (SSSR count). The van der Waals surface area contributed by atoms with Crippen LogP contribution in [0.4, 0.5) is 16.2 Å². The van der Waals surface area contributed by atoms with Gasteiger partial charge in [-0.2, -0.15) is 10.2 Å². The van der Waals surface area contributed by atoms with Gasteiger partial charge in [0, 0.05) is 19.0 Å². The molecule has 1 amide bonds. The molecule has 28 heavy (non-hydrogen) atoms. The lowest BCUT2D eigenvalue weighted by atomic mass is 9.79. The van der Waals surface area contributed by atoms with Crippen molar-refractivity contribution >= 4 is 17.7 Å². The summed E-state index contributed by atoms with van der Waals surface area (Å²) in [6.45, 7) is 3.74. The Labute approximate surface area is 161 Å². The number of anilines is 2. The zero-order chi connectivity index (χ0) is 19.8. The normalized spacial score (nSPS) is 22.3. The number of piperidine rings is 1. The smallest absolute Gasteiger partial charge is 0.258 e. The van der Waals surface area contributed by atoms with Crippen molar-refractivity contribution in [3.05, 3.63) is 51.6 Å². The summed E-state index contributed by atoms with van der Waals surface area (Å²) in [6.07, 6.45) is 2.00. The van der Waals surface area contributed by atoms with Crippen LogP contribution in [0, 0.1) is 29.0 Å². The van der Waals surface area contributed by atoms with Gasteiger partial charge in [-0.1, -0.05) is 19.1 Å². The fourth-order valence-electron chi connectivity index (χ4n) is 3.90. The van der Waals surface area contributed by atoms with E-state index in [9.17, 15) is 19.2 Å². The van der Waals surface area contributed by atoms with Crippen LogP contribution in [-0.2, 0) is 4.79 Å². The molecule has 8 heteroatoms. The third-order valence-electron chi connectivity index (χ3n) is 5.56. The molecule has 2 N–H and O–H groups in total. The van der Waals surface area contributed by atoms with Gasteiger partial charge < -0.3 is 10.2 Å². The monoisotopic (exact) mass is 381 g/mol. The standard InChI is InChI=1S/C20H20FN5O2/c1-11-6-8-26(9-7-11)20-24-17-16(19(28)25-20)15(14(10-22)18(27)23-17)12-2-4-13(21)5-3-12/h2-5,11,14-15H,6-9H2,1H3,(H2,23,24,25,27,28)/t14-,15-/m0/s1. The van der Waals surface area contributed by atoms with Crippen molar-refractivity contribution < 1.29 is 9.18 Å². The van der Waals surface area contributed by atoms with Crippen LogP contribution in [-0.4, -0.2) is 29.0 Å². The summed E-state index contributed by atoms with van der Waals surface area (Å²) >= 11 is 0. The number of nitriles is 1. The molecule has 0 saturated carbocycles. The van der Waals surface area contributed by atoms with Gasteiger partial charge in [-0.15, -0.1) is 0 Å². The van der Waals surface area contributed by atoms with Crippen molar-refractivity contribution in [1.29, 1.82) is 5.26 Å². The second kappa shape index (κ2) is 7.08. The number of nitrogens with one attached hydrogen (secondary N) is 2. The molecule has 0 aliphatic carbocycles. The first-order valence-electron chi connectivity index (χ1n) is 9.33. The Bertz CT molecular complexity index is 1000. The Kier molecular flexibility index (Phi) is 4.59. The number of carbonyl (C=O) groups excluding carboxylic acids is 1. The maximum Gasteiger partial charge on any atom is 0.258 e. The lowest BCUT2D eigenvalue weighted by molar-refractivity contribution is -0.119. The summed E-state index contributed by atoms with van der Waals surface area (Å²) in [5, 5.41) is 12.1. The topological polar surface area (TPSA) is 102 Å². The molecule has 1 fully saturated rings. The Morgan fingerprint density at radius 2 is 1.89 bits per heavy atom. The molecule has 2 atom stereocenters. The number of nitrogens with zero attached hydrogens (tertiary/aromatic N) is 3. The van der Waals surface area contributed by atoms with Crippen LogP contribution in [0.25, 0.3) is 0 Å². The Morgan fingerprint density at radius 3 is 2.54 bits per heavy atom. The molecule has 0 bridgehead atoms. The summed E-state index contributed by atoms with van der Waals surface area (Å²) in [7, 11) is 0. The maximum absolute atomic E-state index is 13.3. The number of hydrogen-bond acceptors (Lipinski definition) is 5. The van der Waals surface area contributed by atoms with Gasteiger partial charge in [0.25, 0.3) is 5.56 Å². The SMILES string of the molecule is CC1CCN(c2nc3c(c(=O)[nH]2)[C@@H](c2ccc(F)cc2)[C@H](C#N)C(=O)N3)CC1. The highest BCUT2D eigenvalue weighted by Crippen LogP contribution is 2.38. The van der Waals surface area contributed by atoms with Crippen LogP contribution in [0.1, 0.15) is 36.8 Å². The summed E-state index contributed by atoms with van der Waals surface area (Å²) < 4.78 is 13.3. The van der Waals surface area contributed by atoms with Gasteiger partial charge in [-0.05, 0) is 36.5 Å². The van der Waals surface area contributed by atoms with Crippen LogP contribution in [0.3, 0.4) is 0 Å². The van der Waals surface area contributed by atoms with E-state index in [-0.39, 0.29) is 11.4 Å². The van der Waals surface area contributed by atoms with E-state index in [1.54, 1.807) is 0 Å². The molecular weight excluding hydrogens is 361 g/mol. The zero-order valence-electron chi connectivity index (χ0n) is 15.4. The van der Waals surface area contributed by atoms with E-state index in [0.717, 1.165) is 25.9 Å². The first-order valence-corrected chi connectivity index (χ1v) is 9.33. The van der Waals surface area contributed by atoms with Crippen molar-refractivity contribution in [3.63, 3.8) is 0 Å². The van der Waals surface area contributed by atoms with Crippen LogP contribution in [0.5, 0.6) is 0 Å². The van der Waals surface area contributed by atoms with Crippen LogP contribution in [0.2, 0.25) is 0 Å². The lowest BCUT2D eigenvalue weighted by Gasteiger charge is -2.33. The van der Waals surface area contributed by atoms with Crippen LogP contribution < -0.4 is 15.8 Å². The molecule has 1 aromatic carbocycles. The van der Waals surface area contributed by atoms with E-state index >= 15 is 0 Å². The third kappa shape index (κ3) is 3.13. The quantitative estimate of drug-likeness (QED) is 0.832. The minimum absolute atomic E-state index is 0.170. The van der Waals surface area contributed by atoms with Crippen molar-refractivity contribution in [1.82, 2.24) is 9.97 Å². The predicted molar refractivity (Wildman–Crippen MR) is 101 cm³/mol. The average molecular weight is 381 g/mol. The molecular formula is C20H20FN5O2. The number of aromatic nitrogens is 2. The number of benzene rings is 1. The van der Waals surface area contributed by atoms with Crippen molar-refractivity contribution in [2.45, 2.75) is 25.7 Å². The van der Waals surface area contributed by atoms with Crippen molar-refractivity contribution in [2.24, 2.45) is 11.8 Å². The molecule has 0 radical (unpaired) electrons. The van der Waals surface area contributed by atoms with Crippen LogP contribution in [0.15, 0.2) is 29.1 Å². The highest BCUT2D eigenvalue weighted by atomic mass is 19.1. The van der Waals surface area contributed by atoms with Crippen molar-refractivity contribution in [3.8, 4) is 6.07 Å². The Balaban J connectivity index is 1.80.